The first-order chi connectivity index (χ1) is 6.91. The molecule has 0 bridgehead atoms. The van der Waals surface area contributed by atoms with E-state index in [1.807, 2.05) is 6.92 Å². The third-order valence-corrected chi connectivity index (χ3v) is 2.69. The van der Waals surface area contributed by atoms with E-state index in [0.29, 0.717) is 0 Å². The molecule has 0 aliphatic rings. The number of hydrogen-bond donors (Lipinski definition) is 1. The Morgan fingerprint density at radius 2 is 2.00 bits per heavy atom. The Balaban J connectivity index is 2.90. The molecular formula is C12H15FN2. The average Bonchev–Trinajstić information content (AvgIpc) is 2.50. The van der Waals surface area contributed by atoms with Crippen molar-refractivity contribution in [2.24, 2.45) is 0 Å². The summed E-state index contributed by atoms with van der Waals surface area (Å²) in [5.74, 6) is -0.170. The van der Waals surface area contributed by atoms with Crippen molar-refractivity contribution in [2.45, 2.75) is 33.1 Å². The number of aromatic amines is 1. The van der Waals surface area contributed by atoms with Crippen LogP contribution in [0.2, 0.25) is 0 Å². The highest BCUT2D eigenvalue weighted by Gasteiger charge is 2.22. The van der Waals surface area contributed by atoms with Gasteiger partial charge in [-0.25, -0.2) is 4.39 Å². The van der Waals surface area contributed by atoms with E-state index in [1.54, 1.807) is 6.20 Å². The molecule has 3 heteroatoms. The summed E-state index contributed by atoms with van der Waals surface area (Å²) in [5, 5.41) is 7.79. The van der Waals surface area contributed by atoms with Gasteiger partial charge in [0.1, 0.15) is 5.82 Å². The lowest BCUT2D eigenvalue weighted by Crippen LogP contribution is -2.14. The first kappa shape index (κ1) is 10.1. The predicted molar refractivity (Wildman–Crippen MR) is 59.5 cm³/mol. The third-order valence-electron chi connectivity index (χ3n) is 2.69. The molecule has 1 aromatic carbocycles. The van der Waals surface area contributed by atoms with Crippen molar-refractivity contribution in [3.63, 3.8) is 0 Å². The largest absolute Gasteiger partial charge is 0.278 e. The molecule has 80 valence electrons. The van der Waals surface area contributed by atoms with Crippen LogP contribution in [0.5, 0.6) is 0 Å². The molecule has 0 radical (unpaired) electrons. The minimum atomic E-state index is -0.170. The Morgan fingerprint density at radius 3 is 2.60 bits per heavy atom. The van der Waals surface area contributed by atoms with Crippen LogP contribution in [0.4, 0.5) is 4.39 Å². The number of hydrogen-bond acceptors (Lipinski definition) is 1. The zero-order chi connectivity index (χ0) is 11.2. The second-order valence-electron chi connectivity index (χ2n) is 4.94. The smallest absolute Gasteiger partial charge is 0.128 e. The lowest BCUT2D eigenvalue weighted by Gasteiger charge is -2.22. The maximum Gasteiger partial charge on any atom is 0.128 e. The normalized spacial score (nSPS) is 12.3. The summed E-state index contributed by atoms with van der Waals surface area (Å²) in [6, 6.07) is 1.51. The Kier molecular flexibility index (Phi) is 2.07. The van der Waals surface area contributed by atoms with Gasteiger partial charge in [-0.05, 0) is 29.5 Å². The van der Waals surface area contributed by atoms with Crippen molar-refractivity contribution in [3.8, 4) is 0 Å². The fourth-order valence-corrected chi connectivity index (χ4v) is 2.13. The van der Waals surface area contributed by atoms with Crippen molar-refractivity contribution >= 4 is 10.9 Å². The first-order valence-electron chi connectivity index (χ1n) is 5.04. The molecule has 0 fully saturated rings. The Morgan fingerprint density at radius 1 is 1.33 bits per heavy atom. The summed E-state index contributed by atoms with van der Waals surface area (Å²) in [6.45, 7) is 8.08. The molecule has 0 saturated carbocycles. The molecule has 2 nitrogen and oxygen atoms in total. The summed E-state index contributed by atoms with van der Waals surface area (Å²) in [6.07, 6.45) is 1.77. The lowest BCUT2D eigenvalue weighted by atomic mass is 9.82. The maximum atomic E-state index is 13.7. The molecule has 1 aromatic heterocycles. The van der Waals surface area contributed by atoms with Gasteiger partial charge < -0.3 is 0 Å². The Labute approximate surface area is 88.5 Å². The number of fused-ring (bicyclic) bond motifs is 1. The highest BCUT2D eigenvalue weighted by Crippen LogP contribution is 2.33. The van der Waals surface area contributed by atoms with Crippen LogP contribution in [0, 0.1) is 12.7 Å². The number of H-pyrrole nitrogens is 1. The highest BCUT2D eigenvalue weighted by molar-refractivity contribution is 5.84. The van der Waals surface area contributed by atoms with Crippen molar-refractivity contribution in [3.05, 3.63) is 29.2 Å². The molecule has 15 heavy (non-hydrogen) atoms. The minimum absolute atomic E-state index is 0.0751. The van der Waals surface area contributed by atoms with E-state index in [4.69, 9.17) is 0 Å². The van der Waals surface area contributed by atoms with Gasteiger partial charge in [0.2, 0.25) is 0 Å². The predicted octanol–water partition coefficient (Wildman–Crippen LogP) is 3.31. The topological polar surface area (TPSA) is 28.7 Å². The van der Waals surface area contributed by atoms with Crippen LogP contribution >= 0.6 is 0 Å². The van der Waals surface area contributed by atoms with Gasteiger partial charge >= 0.3 is 0 Å². The Bertz CT molecular complexity index is 506. The van der Waals surface area contributed by atoms with Crippen LogP contribution in [0.15, 0.2) is 12.3 Å². The van der Waals surface area contributed by atoms with Gasteiger partial charge in [0.15, 0.2) is 0 Å². The van der Waals surface area contributed by atoms with Gasteiger partial charge in [0.25, 0.3) is 0 Å². The SMILES string of the molecule is Cc1c(F)cc2[nH]ncc2c1C(C)(C)C. The average molecular weight is 206 g/mol. The zero-order valence-corrected chi connectivity index (χ0v) is 9.48. The van der Waals surface area contributed by atoms with Crippen molar-refractivity contribution in [1.29, 1.82) is 0 Å². The summed E-state index contributed by atoms with van der Waals surface area (Å²) in [4.78, 5) is 0. The molecule has 0 amide bonds. The van der Waals surface area contributed by atoms with Crippen LogP contribution in [-0.2, 0) is 5.41 Å². The molecular weight excluding hydrogens is 191 g/mol. The molecule has 1 N–H and O–H groups in total. The van der Waals surface area contributed by atoms with Crippen LogP contribution < -0.4 is 0 Å². The summed E-state index contributed by atoms with van der Waals surface area (Å²) in [7, 11) is 0. The highest BCUT2D eigenvalue weighted by atomic mass is 19.1. The molecule has 0 spiro atoms. The number of nitrogens with one attached hydrogen (secondary N) is 1. The van der Waals surface area contributed by atoms with E-state index in [-0.39, 0.29) is 11.2 Å². The molecule has 2 aromatic rings. The number of halogens is 1. The fraction of sp³-hybridized carbons (Fsp3) is 0.417. The first-order valence-corrected chi connectivity index (χ1v) is 5.04. The van der Waals surface area contributed by atoms with Gasteiger partial charge in [0, 0.05) is 5.39 Å². The minimum Gasteiger partial charge on any atom is -0.278 e. The Hall–Kier alpha value is -1.38. The van der Waals surface area contributed by atoms with E-state index in [2.05, 4.69) is 31.0 Å². The third kappa shape index (κ3) is 1.52. The molecule has 0 atom stereocenters. The van der Waals surface area contributed by atoms with E-state index in [9.17, 15) is 4.39 Å². The van der Waals surface area contributed by atoms with Gasteiger partial charge in [-0.2, -0.15) is 5.10 Å². The molecule has 0 aliphatic carbocycles. The van der Waals surface area contributed by atoms with Crippen molar-refractivity contribution in [1.82, 2.24) is 10.2 Å². The monoisotopic (exact) mass is 206 g/mol. The lowest BCUT2D eigenvalue weighted by molar-refractivity contribution is 0.569. The molecule has 1 heterocycles. The molecule has 0 unspecified atom stereocenters. The van der Waals surface area contributed by atoms with Crippen molar-refractivity contribution in [2.75, 3.05) is 0 Å². The number of nitrogens with zero attached hydrogens (tertiary/aromatic N) is 1. The van der Waals surface area contributed by atoms with Crippen LogP contribution in [0.25, 0.3) is 10.9 Å². The van der Waals surface area contributed by atoms with Crippen LogP contribution in [0.3, 0.4) is 0 Å². The maximum absolute atomic E-state index is 13.7. The number of rotatable bonds is 0. The van der Waals surface area contributed by atoms with E-state index < -0.39 is 0 Å². The fourth-order valence-electron chi connectivity index (χ4n) is 2.13. The van der Waals surface area contributed by atoms with E-state index >= 15 is 0 Å². The van der Waals surface area contributed by atoms with Gasteiger partial charge in [-0.15, -0.1) is 0 Å². The molecule has 2 rings (SSSR count). The number of aromatic nitrogens is 2. The van der Waals surface area contributed by atoms with Gasteiger partial charge in [-0.1, -0.05) is 20.8 Å². The second-order valence-corrected chi connectivity index (χ2v) is 4.94. The second kappa shape index (κ2) is 3.05. The molecule has 0 saturated heterocycles. The van der Waals surface area contributed by atoms with Gasteiger partial charge in [-0.3, -0.25) is 5.10 Å². The van der Waals surface area contributed by atoms with E-state index in [0.717, 1.165) is 22.0 Å². The molecule has 0 aliphatic heterocycles. The van der Waals surface area contributed by atoms with Crippen molar-refractivity contribution < 1.29 is 4.39 Å². The number of benzene rings is 1. The zero-order valence-electron chi connectivity index (χ0n) is 9.48. The summed E-state index contributed by atoms with van der Waals surface area (Å²) in [5.41, 5.74) is 2.44. The van der Waals surface area contributed by atoms with Gasteiger partial charge in [0.05, 0.1) is 11.7 Å². The summed E-state index contributed by atoms with van der Waals surface area (Å²) >= 11 is 0. The van der Waals surface area contributed by atoms with Crippen LogP contribution in [0.1, 0.15) is 31.9 Å². The quantitative estimate of drug-likeness (QED) is 0.703. The van der Waals surface area contributed by atoms with E-state index in [1.165, 1.54) is 6.07 Å². The summed E-state index contributed by atoms with van der Waals surface area (Å²) < 4.78 is 13.7. The van der Waals surface area contributed by atoms with Crippen LogP contribution in [-0.4, -0.2) is 10.2 Å². The standard InChI is InChI=1S/C12H15FN2/c1-7-9(13)5-10-8(6-14-15-10)11(7)12(2,3)4/h5-6H,1-4H3,(H,14,15).